The Balaban J connectivity index is 1.01. The first-order valence-corrected chi connectivity index (χ1v) is 20.3. The van der Waals surface area contributed by atoms with Crippen LogP contribution in [0.3, 0.4) is 0 Å². The molecule has 0 radical (unpaired) electrons. The summed E-state index contributed by atoms with van der Waals surface area (Å²) < 4.78 is 10.8. The number of anilines is 6. The fraction of sp³-hybridized carbons (Fsp3) is 0.0714. The van der Waals surface area contributed by atoms with Gasteiger partial charge < -0.3 is 19.3 Å². The first-order chi connectivity index (χ1) is 30.0. The molecular formula is C56H48N2O4. The molecule has 6 nitrogen and oxygen atoms in total. The molecule has 0 aliphatic rings. The van der Waals surface area contributed by atoms with E-state index in [1.807, 2.05) is 24.3 Å². The summed E-state index contributed by atoms with van der Waals surface area (Å²) in [5.41, 5.74) is 13.3. The molecule has 0 saturated carbocycles. The highest BCUT2D eigenvalue weighted by Gasteiger charge is 2.15. The molecule has 0 aromatic heterocycles. The van der Waals surface area contributed by atoms with E-state index in [0.717, 1.165) is 56.4 Å². The lowest BCUT2D eigenvalue weighted by Crippen LogP contribution is -2.11. The maximum atomic E-state index is 12.1. The van der Waals surface area contributed by atoms with E-state index in [1.165, 1.54) is 11.1 Å². The average molecular weight is 813 g/mol. The number of hydrogen-bond donors (Lipinski definition) is 0. The minimum atomic E-state index is -0.446. The van der Waals surface area contributed by atoms with E-state index in [0.29, 0.717) is 22.6 Å². The zero-order chi connectivity index (χ0) is 43.6. The molecule has 62 heavy (non-hydrogen) atoms. The summed E-state index contributed by atoms with van der Waals surface area (Å²) in [6.07, 6.45) is 8.46. The lowest BCUT2D eigenvalue weighted by Gasteiger charge is -2.26. The second-order valence-electron chi connectivity index (χ2n) is 15.2. The molecular weight excluding hydrogens is 765 g/mol. The summed E-state index contributed by atoms with van der Waals surface area (Å²) in [6.45, 7) is 14.7. The zero-order valence-electron chi connectivity index (χ0n) is 35.4. The van der Waals surface area contributed by atoms with Gasteiger partial charge in [0.25, 0.3) is 0 Å². The third-order valence-electron chi connectivity index (χ3n) is 10.1. The molecule has 0 spiro atoms. The molecule has 7 aromatic rings. The monoisotopic (exact) mass is 812 g/mol. The fourth-order valence-corrected chi connectivity index (χ4v) is 6.57. The van der Waals surface area contributed by atoms with Crippen molar-refractivity contribution < 1.29 is 19.1 Å². The Kier molecular flexibility index (Phi) is 13.2. The number of hydrogen-bond acceptors (Lipinski definition) is 6. The van der Waals surface area contributed by atoms with Gasteiger partial charge in [-0.15, -0.1) is 0 Å². The van der Waals surface area contributed by atoms with Gasteiger partial charge in [-0.1, -0.05) is 121 Å². The number of aryl methyl sites for hydroxylation is 2. The largest absolute Gasteiger partial charge is 0.423 e. The minimum Gasteiger partial charge on any atom is -0.423 e. The predicted octanol–water partition coefficient (Wildman–Crippen LogP) is 14.5. The summed E-state index contributed by atoms with van der Waals surface area (Å²) in [4.78, 5) is 28.4. The number of carbonyl (C=O) groups excluding carboxylic acids is 2. The standard InChI is InChI=1S/C56H48N2O4/c1-39(2)55(59)61-53-35-31-51(32-36-53)57(47-23-7-41(5)8-24-47)49-27-19-45(20-28-49)17-15-43-11-13-44(14-12-43)16-18-46-21-29-50(30-22-46)58(48-25-9-42(6)10-26-48)52-33-37-54(38-34-52)62-56(60)40(3)4/h7-38H,1,3H2,2,4-6H3/b17-15+,18-16+. The zero-order valence-corrected chi connectivity index (χ0v) is 35.4. The fourth-order valence-electron chi connectivity index (χ4n) is 6.57. The van der Waals surface area contributed by atoms with Crippen LogP contribution in [-0.4, -0.2) is 11.9 Å². The Labute approximate surface area is 364 Å². The molecule has 0 saturated heterocycles. The van der Waals surface area contributed by atoms with Crippen LogP contribution in [-0.2, 0) is 9.59 Å². The van der Waals surface area contributed by atoms with Crippen LogP contribution in [0.25, 0.3) is 24.3 Å². The van der Waals surface area contributed by atoms with Gasteiger partial charge in [0, 0.05) is 45.3 Å². The minimum absolute atomic E-state index is 0.351. The lowest BCUT2D eigenvalue weighted by molar-refractivity contribution is -0.130. The lowest BCUT2D eigenvalue weighted by atomic mass is 10.1. The third-order valence-corrected chi connectivity index (χ3v) is 10.1. The number of ether oxygens (including phenoxy) is 2. The second kappa shape index (κ2) is 19.4. The van der Waals surface area contributed by atoms with Gasteiger partial charge in [0.15, 0.2) is 0 Å². The summed E-state index contributed by atoms with van der Waals surface area (Å²) >= 11 is 0. The van der Waals surface area contributed by atoms with E-state index in [4.69, 9.17) is 9.47 Å². The average Bonchev–Trinajstić information content (AvgIpc) is 3.28. The van der Waals surface area contributed by atoms with Crippen LogP contribution >= 0.6 is 0 Å². The van der Waals surface area contributed by atoms with E-state index in [1.54, 1.807) is 38.1 Å². The van der Waals surface area contributed by atoms with Gasteiger partial charge in [-0.25, -0.2) is 9.59 Å². The number of benzene rings is 7. The normalized spacial score (nSPS) is 11.0. The molecule has 306 valence electrons. The van der Waals surface area contributed by atoms with Crippen LogP contribution in [0.2, 0.25) is 0 Å². The molecule has 0 aliphatic heterocycles. The van der Waals surface area contributed by atoms with E-state index >= 15 is 0 Å². The van der Waals surface area contributed by atoms with Gasteiger partial charge in [-0.05, 0) is 147 Å². The maximum Gasteiger partial charge on any atom is 0.338 e. The highest BCUT2D eigenvalue weighted by atomic mass is 16.5. The molecule has 0 aliphatic carbocycles. The van der Waals surface area contributed by atoms with Crippen molar-refractivity contribution in [1.29, 1.82) is 0 Å². The van der Waals surface area contributed by atoms with Crippen molar-refractivity contribution in [2.45, 2.75) is 27.7 Å². The van der Waals surface area contributed by atoms with E-state index in [9.17, 15) is 9.59 Å². The molecule has 6 heteroatoms. The Morgan fingerprint density at radius 1 is 0.371 bits per heavy atom. The van der Waals surface area contributed by atoms with Crippen LogP contribution < -0.4 is 19.3 Å². The van der Waals surface area contributed by atoms with Crippen LogP contribution in [0.5, 0.6) is 11.5 Å². The maximum absolute atomic E-state index is 12.1. The second-order valence-corrected chi connectivity index (χ2v) is 15.2. The number of nitrogens with zero attached hydrogens (tertiary/aromatic N) is 2. The van der Waals surface area contributed by atoms with E-state index < -0.39 is 11.9 Å². The molecule has 0 bridgehead atoms. The Morgan fingerprint density at radius 2 is 0.581 bits per heavy atom. The van der Waals surface area contributed by atoms with Crippen LogP contribution in [0.4, 0.5) is 34.1 Å². The quantitative estimate of drug-likeness (QED) is 0.0472. The van der Waals surface area contributed by atoms with Crippen molar-refractivity contribution in [1.82, 2.24) is 0 Å². The molecule has 0 atom stereocenters. The topological polar surface area (TPSA) is 59.1 Å². The van der Waals surface area contributed by atoms with Crippen molar-refractivity contribution in [3.8, 4) is 11.5 Å². The molecule has 7 rings (SSSR count). The first-order valence-electron chi connectivity index (χ1n) is 20.3. The Morgan fingerprint density at radius 3 is 0.823 bits per heavy atom. The van der Waals surface area contributed by atoms with Crippen LogP contribution in [0, 0.1) is 13.8 Å². The summed E-state index contributed by atoms with van der Waals surface area (Å²) in [7, 11) is 0. The molecule has 0 unspecified atom stereocenters. The van der Waals surface area contributed by atoms with Crippen molar-refractivity contribution in [2.75, 3.05) is 9.80 Å². The number of esters is 2. The molecule has 0 amide bonds. The third kappa shape index (κ3) is 10.8. The van der Waals surface area contributed by atoms with Gasteiger partial charge in [0.05, 0.1) is 0 Å². The number of rotatable bonds is 14. The molecule has 0 heterocycles. The van der Waals surface area contributed by atoms with E-state index in [2.05, 4.69) is 182 Å². The van der Waals surface area contributed by atoms with Gasteiger partial charge in [-0.3, -0.25) is 0 Å². The Hall–Kier alpha value is -7.96. The van der Waals surface area contributed by atoms with Crippen LogP contribution in [0.15, 0.2) is 194 Å². The highest BCUT2D eigenvalue weighted by molar-refractivity contribution is 5.89. The van der Waals surface area contributed by atoms with Gasteiger partial charge >= 0.3 is 11.9 Å². The van der Waals surface area contributed by atoms with Gasteiger partial charge in [0.2, 0.25) is 0 Å². The summed E-state index contributed by atoms with van der Waals surface area (Å²) in [5, 5.41) is 0. The van der Waals surface area contributed by atoms with E-state index in [-0.39, 0.29) is 0 Å². The van der Waals surface area contributed by atoms with Crippen molar-refractivity contribution in [3.05, 3.63) is 228 Å². The summed E-state index contributed by atoms with van der Waals surface area (Å²) in [6, 6.07) is 57.1. The van der Waals surface area contributed by atoms with Crippen molar-refractivity contribution in [3.63, 3.8) is 0 Å². The molecule has 0 fully saturated rings. The predicted molar refractivity (Wildman–Crippen MR) is 257 cm³/mol. The smallest absolute Gasteiger partial charge is 0.338 e. The van der Waals surface area contributed by atoms with Crippen LogP contribution in [0.1, 0.15) is 47.2 Å². The van der Waals surface area contributed by atoms with Crippen molar-refractivity contribution >= 4 is 70.4 Å². The molecule has 7 aromatic carbocycles. The Bertz CT molecular complexity index is 2540. The molecule has 0 N–H and O–H groups in total. The van der Waals surface area contributed by atoms with Gasteiger partial charge in [-0.2, -0.15) is 0 Å². The highest BCUT2D eigenvalue weighted by Crippen LogP contribution is 2.37. The first kappa shape index (κ1) is 42.2. The SMILES string of the molecule is C=C(C)C(=O)Oc1ccc(N(c2ccc(C)cc2)c2ccc(/C=C/c3ccc(/C=C/c4ccc(N(c5ccc(C)cc5)c5ccc(OC(=O)C(=C)C)cc5)cc4)cc3)cc2)cc1. The van der Waals surface area contributed by atoms with Crippen molar-refractivity contribution in [2.24, 2.45) is 0 Å². The number of carbonyl (C=O) groups is 2. The van der Waals surface area contributed by atoms with Gasteiger partial charge in [0.1, 0.15) is 11.5 Å². The summed E-state index contributed by atoms with van der Waals surface area (Å²) in [5.74, 6) is 0.0418.